The largest absolute Gasteiger partial charge is 0.325 e. The van der Waals surface area contributed by atoms with E-state index in [9.17, 15) is 0 Å². The van der Waals surface area contributed by atoms with Crippen molar-refractivity contribution in [1.29, 1.82) is 0 Å². The molecule has 0 aliphatic rings. The van der Waals surface area contributed by atoms with Crippen molar-refractivity contribution in [2.24, 2.45) is 0 Å². The minimum absolute atomic E-state index is 0.753. The molecule has 1 aromatic rings. The first-order valence-corrected chi connectivity index (χ1v) is 3.96. The summed E-state index contributed by atoms with van der Waals surface area (Å²) in [4.78, 5) is 0.851. The molecular weight excluding hydrogens is 200 g/mol. The van der Waals surface area contributed by atoms with Crippen LogP contribution in [-0.4, -0.2) is 4.55 Å². The summed E-state index contributed by atoms with van der Waals surface area (Å²) in [5.74, 6) is 0. The lowest BCUT2D eigenvalue weighted by Gasteiger charge is -1.92. The summed E-state index contributed by atoms with van der Waals surface area (Å²) in [6.07, 6.45) is 0. The lowest BCUT2D eigenvalue weighted by molar-refractivity contribution is 0.664. The van der Waals surface area contributed by atoms with E-state index in [1.807, 2.05) is 24.3 Å². The van der Waals surface area contributed by atoms with Gasteiger partial charge in [0.25, 0.3) is 0 Å². The Labute approximate surface area is 66.4 Å². The SMILES string of the molecule is OSc1cccc(Br)c1. The van der Waals surface area contributed by atoms with Crippen molar-refractivity contribution < 1.29 is 4.55 Å². The molecular formula is C6H5BrOS. The molecule has 1 N–H and O–H groups in total. The topological polar surface area (TPSA) is 20.2 Å². The zero-order valence-corrected chi connectivity index (χ0v) is 6.95. The third kappa shape index (κ3) is 2.01. The van der Waals surface area contributed by atoms with Crippen LogP contribution >= 0.6 is 28.0 Å². The molecule has 0 atom stereocenters. The molecule has 0 unspecified atom stereocenters. The van der Waals surface area contributed by atoms with E-state index in [1.165, 1.54) is 0 Å². The van der Waals surface area contributed by atoms with Crippen LogP contribution in [0.1, 0.15) is 0 Å². The monoisotopic (exact) mass is 204 g/mol. The van der Waals surface area contributed by atoms with Crippen LogP contribution in [0.25, 0.3) is 0 Å². The van der Waals surface area contributed by atoms with Gasteiger partial charge in [0, 0.05) is 21.4 Å². The van der Waals surface area contributed by atoms with Gasteiger partial charge in [-0.2, -0.15) is 0 Å². The van der Waals surface area contributed by atoms with E-state index in [4.69, 9.17) is 4.55 Å². The average Bonchev–Trinajstić information content (AvgIpc) is 1.88. The van der Waals surface area contributed by atoms with Gasteiger partial charge in [0.15, 0.2) is 0 Å². The van der Waals surface area contributed by atoms with Crippen molar-refractivity contribution in [1.82, 2.24) is 0 Å². The normalized spacial score (nSPS) is 9.56. The van der Waals surface area contributed by atoms with Gasteiger partial charge in [-0.05, 0) is 18.2 Å². The number of halogens is 1. The Morgan fingerprint density at radius 3 is 2.67 bits per heavy atom. The summed E-state index contributed by atoms with van der Waals surface area (Å²) in [5.41, 5.74) is 0. The summed E-state index contributed by atoms with van der Waals surface area (Å²) in [6, 6.07) is 7.49. The van der Waals surface area contributed by atoms with E-state index >= 15 is 0 Å². The van der Waals surface area contributed by atoms with Crippen LogP contribution in [0.4, 0.5) is 0 Å². The van der Waals surface area contributed by atoms with Gasteiger partial charge in [-0.15, -0.1) is 0 Å². The smallest absolute Gasteiger partial charge is 0.0362 e. The van der Waals surface area contributed by atoms with Crippen LogP contribution in [-0.2, 0) is 0 Å². The second-order valence-corrected chi connectivity index (χ2v) is 3.12. The molecule has 0 aliphatic heterocycles. The molecule has 9 heavy (non-hydrogen) atoms. The van der Waals surface area contributed by atoms with Crippen molar-refractivity contribution in [2.45, 2.75) is 4.90 Å². The van der Waals surface area contributed by atoms with Gasteiger partial charge in [-0.3, -0.25) is 0 Å². The van der Waals surface area contributed by atoms with Crippen LogP contribution in [0.2, 0.25) is 0 Å². The molecule has 0 heterocycles. The Balaban J connectivity index is 2.94. The summed E-state index contributed by atoms with van der Waals surface area (Å²) in [7, 11) is 0. The molecule has 0 radical (unpaired) electrons. The number of rotatable bonds is 1. The molecule has 0 aromatic heterocycles. The highest BCUT2D eigenvalue weighted by Crippen LogP contribution is 2.18. The summed E-state index contributed by atoms with van der Waals surface area (Å²) >= 11 is 4.03. The lowest BCUT2D eigenvalue weighted by atomic mass is 10.4. The maximum absolute atomic E-state index is 8.56. The Kier molecular flexibility index (Phi) is 2.57. The number of benzene rings is 1. The van der Waals surface area contributed by atoms with Crippen LogP contribution in [0.5, 0.6) is 0 Å². The second-order valence-electron chi connectivity index (χ2n) is 1.55. The van der Waals surface area contributed by atoms with Crippen molar-refractivity contribution in [3.05, 3.63) is 28.7 Å². The van der Waals surface area contributed by atoms with Gasteiger partial charge in [0.1, 0.15) is 0 Å². The lowest BCUT2D eigenvalue weighted by Crippen LogP contribution is -1.67. The highest BCUT2D eigenvalue weighted by molar-refractivity contribution is 9.10. The molecule has 0 saturated heterocycles. The van der Waals surface area contributed by atoms with Crippen molar-refractivity contribution in [2.75, 3.05) is 0 Å². The predicted octanol–water partition coefficient (Wildman–Crippen LogP) is 3.01. The van der Waals surface area contributed by atoms with Gasteiger partial charge in [0.2, 0.25) is 0 Å². The fraction of sp³-hybridized carbons (Fsp3) is 0. The van der Waals surface area contributed by atoms with Gasteiger partial charge in [-0.25, -0.2) is 0 Å². The molecule has 1 nitrogen and oxygen atoms in total. The Morgan fingerprint density at radius 2 is 2.22 bits per heavy atom. The van der Waals surface area contributed by atoms with Crippen LogP contribution in [0, 0.1) is 0 Å². The van der Waals surface area contributed by atoms with E-state index in [-0.39, 0.29) is 0 Å². The van der Waals surface area contributed by atoms with Crippen LogP contribution in [0.15, 0.2) is 33.6 Å². The number of hydrogen-bond acceptors (Lipinski definition) is 2. The fourth-order valence-corrected chi connectivity index (χ4v) is 1.39. The first-order valence-electron chi connectivity index (χ1n) is 2.40. The van der Waals surface area contributed by atoms with Gasteiger partial charge < -0.3 is 4.55 Å². The average molecular weight is 205 g/mol. The third-order valence-corrected chi connectivity index (χ3v) is 1.86. The minimum Gasteiger partial charge on any atom is -0.325 e. The first kappa shape index (κ1) is 7.12. The zero-order valence-electron chi connectivity index (χ0n) is 4.54. The summed E-state index contributed by atoms with van der Waals surface area (Å²) < 4.78 is 9.55. The Morgan fingerprint density at radius 1 is 1.44 bits per heavy atom. The third-order valence-electron chi connectivity index (χ3n) is 0.901. The van der Waals surface area contributed by atoms with Gasteiger partial charge in [-0.1, -0.05) is 22.0 Å². The maximum atomic E-state index is 8.56. The fourth-order valence-electron chi connectivity index (χ4n) is 0.524. The van der Waals surface area contributed by atoms with Crippen LogP contribution in [0.3, 0.4) is 0 Å². The van der Waals surface area contributed by atoms with Crippen molar-refractivity contribution in [3.63, 3.8) is 0 Å². The number of hydrogen-bond donors (Lipinski definition) is 1. The predicted molar refractivity (Wildman–Crippen MR) is 42.6 cm³/mol. The molecule has 0 saturated carbocycles. The van der Waals surface area contributed by atoms with Gasteiger partial charge in [0.05, 0.1) is 0 Å². The van der Waals surface area contributed by atoms with Gasteiger partial charge >= 0.3 is 0 Å². The van der Waals surface area contributed by atoms with E-state index in [0.717, 1.165) is 21.4 Å². The van der Waals surface area contributed by atoms with E-state index < -0.39 is 0 Å². The molecule has 0 amide bonds. The molecule has 0 aliphatic carbocycles. The van der Waals surface area contributed by atoms with Crippen molar-refractivity contribution in [3.8, 4) is 0 Å². The summed E-state index contributed by atoms with van der Waals surface area (Å²) in [5, 5.41) is 0. The second kappa shape index (κ2) is 3.25. The molecule has 3 heteroatoms. The molecule has 1 rings (SSSR count). The van der Waals surface area contributed by atoms with Crippen LogP contribution < -0.4 is 0 Å². The highest BCUT2D eigenvalue weighted by atomic mass is 79.9. The van der Waals surface area contributed by atoms with E-state index in [0.29, 0.717) is 0 Å². The molecule has 0 bridgehead atoms. The quantitative estimate of drug-likeness (QED) is 0.711. The highest BCUT2D eigenvalue weighted by Gasteiger charge is 1.89. The van der Waals surface area contributed by atoms with Crippen molar-refractivity contribution >= 4 is 28.0 Å². The molecule has 1 aromatic carbocycles. The minimum atomic E-state index is 0.753. The molecule has 0 spiro atoms. The Bertz CT molecular complexity index is 202. The zero-order chi connectivity index (χ0) is 6.69. The Hall–Kier alpha value is 0.01000. The van der Waals surface area contributed by atoms with E-state index in [1.54, 1.807) is 0 Å². The molecule has 48 valence electrons. The maximum Gasteiger partial charge on any atom is 0.0362 e. The van der Waals surface area contributed by atoms with E-state index in [2.05, 4.69) is 15.9 Å². The summed E-state index contributed by atoms with van der Waals surface area (Å²) in [6.45, 7) is 0. The first-order chi connectivity index (χ1) is 4.33. The molecule has 0 fully saturated rings. The standard InChI is InChI=1S/C6H5BrOS/c7-5-2-1-3-6(4-5)9-8/h1-4,8H.